The van der Waals surface area contributed by atoms with Gasteiger partial charge in [0.25, 0.3) is 0 Å². The molecular formula is C30H48O8S. The second-order valence-electron chi connectivity index (χ2n) is 14.2. The molecule has 5 aliphatic rings. The maximum atomic E-state index is 11.8. The van der Waals surface area contributed by atoms with Gasteiger partial charge in [0.2, 0.25) is 0 Å². The molecule has 0 aromatic rings. The van der Waals surface area contributed by atoms with Crippen LogP contribution in [-0.4, -0.2) is 54.6 Å². The van der Waals surface area contributed by atoms with E-state index >= 15 is 0 Å². The first-order chi connectivity index (χ1) is 18.1. The summed E-state index contributed by atoms with van der Waals surface area (Å²) in [6.45, 7) is 15.1. The van der Waals surface area contributed by atoms with Crippen molar-refractivity contribution < 1.29 is 36.5 Å². The Hall–Kier alpha value is -1.00. The molecule has 4 fully saturated rings. The minimum Gasteiger partial charge on any atom is -0.457 e. The number of epoxide rings is 1. The van der Waals surface area contributed by atoms with Crippen molar-refractivity contribution >= 4 is 16.4 Å². The maximum Gasteiger partial charge on any atom is 0.397 e. The Kier molecular flexibility index (Phi) is 7.62. The van der Waals surface area contributed by atoms with Crippen molar-refractivity contribution in [2.75, 3.05) is 0 Å². The molecule has 1 aliphatic heterocycles. The molecule has 3 saturated carbocycles. The molecule has 13 atom stereocenters. The first-order valence-corrected chi connectivity index (χ1v) is 16.3. The van der Waals surface area contributed by atoms with Gasteiger partial charge in [0, 0.05) is 6.92 Å². The molecule has 222 valence electrons. The summed E-state index contributed by atoms with van der Waals surface area (Å²) in [6, 6.07) is 0. The predicted octanol–water partition coefficient (Wildman–Crippen LogP) is 4.96. The number of aliphatic hydroxyl groups is 1. The average Bonchev–Trinajstić information content (AvgIpc) is 3.53. The average molecular weight is 569 g/mol. The lowest BCUT2D eigenvalue weighted by Gasteiger charge is -2.59. The number of hydrogen-bond acceptors (Lipinski definition) is 7. The van der Waals surface area contributed by atoms with Gasteiger partial charge < -0.3 is 14.6 Å². The van der Waals surface area contributed by atoms with Gasteiger partial charge in [-0.05, 0) is 90.8 Å². The molecule has 0 amide bonds. The Bertz CT molecular complexity index is 1100. The van der Waals surface area contributed by atoms with Crippen LogP contribution in [0.1, 0.15) is 87.0 Å². The molecule has 0 bridgehead atoms. The summed E-state index contributed by atoms with van der Waals surface area (Å²) in [6.07, 6.45) is 4.89. The molecule has 9 heteroatoms. The van der Waals surface area contributed by atoms with Crippen molar-refractivity contribution in [1.82, 2.24) is 0 Å². The zero-order valence-corrected chi connectivity index (χ0v) is 25.3. The van der Waals surface area contributed by atoms with Gasteiger partial charge in [0.05, 0.1) is 18.3 Å². The number of rotatable bonds is 7. The molecule has 8 nitrogen and oxygen atoms in total. The molecule has 0 spiro atoms. The smallest absolute Gasteiger partial charge is 0.397 e. The Balaban J connectivity index is 1.41. The summed E-state index contributed by atoms with van der Waals surface area (Å²) in [5, 5.41) is 11.1. The number of fused-ring (bicyclic) bond motifs is 5. The highest BCUT2D eigenvalue weighted by Gasteiger charge is 2.63. The van der Waals surface area contributed by atoms with Crippen molar-refractivity contribution in [3.8, 4) is 0 Å². The topological polar surface area (TPSA) is 123 Å². The van der Waals surface area contributed by atoms with Crippen LogP contribution >= 0.6 is 0 Å². The van der Waals surface area contributed by atoms with Crippen LogP contribution in [0.3, 0.4) is 0 Å². The lowest BCUT2D eigenvalue weighted by Crippen LogP contribution is -2.61. The second-order valence-corrected chi connectivity index (χ2v) is 15.3. The molecule has 4 aliphatic carbocycles. The third-order valence-corrected chi connectivity index (χ3v) is 12.5. The van der Waals surface area contributed by atoms with Gasteiger partial charge in [-0.1, -0.05) is 53.2 Å². The highest BCUT2D eigenvalue weighted by Crippen LogP contribution is 2.68. The van der Waals surface area contributed by atoms with Crippen LogP contribution in [0.2, 0.25) is 0 Å². The molecule has 5 rings (SSSR count). The predicted molar refractivity (Wildman–Crippen MR) is 146 cm³/mol. The standard InChI is InChI=1S/C30H48O8S/c1-15(2)16(3)25-26(37-25)17(4)20-10-11-21-19-8-9-23-27(38-39(33,34)35)28(36-18(5)31)24(32)14-30(23,7)22(19)12-13-29(20,21)6/h8,15-17,20-28,32H,9-14H2,1-7H3,(H,33,34,35)/t16-,17-,20+,21?,22?,23?,24+,25-,26-,27-,28-,29+,30+/m0/s1. The van der Waals surface area contributed by atoms with Crippen molar-refractivity contribution in [2.24, 2.45) is 52.3 Å². The van der Waals surface area contributed by atoms with E-state index in [1.54, 1.807) is 0 Å². The van der Waals surface area contributed by atoms with Gasteiger partial charge in [-0.25, -0.2) is 4.18 Å². The summed E-state index contributed by atoms with van der Waals surface area (Å²) in [5.74, 6) is 1.94. The molecule has 1 heterocycles. The van der Waals surface area contributed by atoms with Crippen LogP contribution in [0.4, 0.5) is 0 Å². The number of esters is 1. The highest BCUT2D eigenvalue weighted by atomic mass is 32.3. The molecule has 0 aromatic heterocycles. The Morgan fingerprint density at radius 3 is 2.33 bits per heavy atom. The number of hydrogen-bond donors (Lipinski definition) is 2. The largest absolute Gasteiger partial charge is 0.457 e. The fraction of sp³-hybridized carbons (Fsp3) is 0.900. The normalized spacial score (nSPS) is 46.9. The van der Waals surface area contributed by atoms with E-state index in [0.717, 1.165) is 19.3 Å². The third kappa shape index (κ3) is 5.02. The van der Waals surface area contributed by atoms with E-state index in [0.29, 0.717) is 54.6 Å². The van der Waals surface area contributed by atoms with Crippen molar-refractivity contribution in [3.05, 3.63) is 11.6 Å². The zero-order chi connectivity index (χ0) is 28.7. The fourth-order valence-electron chi connectivity index (χ4n) is 9.69. The van der Waals surface area contributed by atoms with E-state index in [-0.39, 0.29) is 17.3 Å². The highest BCUT2D eigenvalue weighted by molar-refractivity contribution is 7.80. The molecular weight excluding hydrogens is 520 g/mol. The van der Waals surface area contributed by atoms with Gasteiger partial charge in [-0.3, -0.25) is 9.35 Å². The minimum atomic E-state index is -4.82. The van der Waals surface area contributed by atoms with E-state index in [2.05, 4.69) is 47.6 Å². The van der Waals surface area contributed by atoms with Gasteiger partial charge >= 0.3 is 16.4 Å². The SMILES string of the molecule is CC(=O)O[C@H]1[C@H](O)C[C@]2(C)C3CC[C@@]4(C)C(CC[C@@H]4[C@H](C)[C@@H]4O[C@H]4[C@@H](C)C(C)C)C3=CCC2[C@@H]1OS(=O)(=O)O. The van der Waals surface area contributed by atoms with Crippen LogP contribution in [-0.2, 0) is 28.9 Å². The van der Waals surface area contributed by atoms with Gasteiger partial charge in [-0.15, -0.1) is 0 Å². The molecule has 0 aromatic carbocycles. The van der Waals surface area contributed by atoms with Crippen LogP contribution in [0.5, 0.6) is 0 Å². The Labute approximate surface area is 234 Å². The molecule has 39 heavy (non-hydrogen) atoms. The van der Waals surface area contributed by atoms with Crippen molar-refractivity contribution in [1.29, 1.82) is 0 Å². The van der Waals surface area contributed by atoms with Crippen molar-refractivity contribution in [3.63, 3.8) is 0 Å². The number of allylic oxidation sites excluding steroid dienone is 2. The zero-order valence-electron chi connectivity index (χ0n) is 24.5. The second kappa shape index (κ2) is 10.1. The monoisotopic (exact) mass is 568 g/mol. The van der Waals surface area contributed by atoms with E-state index in [9.17, 15) is 22.9 Å². The van der Waals surface area contributed by atoms with E-state index in [1.807, 2.05) is 0 Å². The third-order valence-electron chi connectivity index (χ3n) is 12.0. The molecule has 2 N–H and O–H groups in total. The first-order valence-electron chi connectivity index (χ1n) is 14.9. The van der Waals surface area contributed by atoms with E-state index in [4.69, 9.17) is 13.7 Å². The summed E-state index contributed by atoms with van der Waals surface area (Å²) >= 11 is 0. The van der Waals surface area contributed by atoms with E-state index < -0.39 is 40.1 Å². The van der Waals surface area contributed by atoms with Crippen LogP contribution in [0.15, 0.2) is 11.6 Å². The van der Waals surface area contributed by atoms with Gasteiger partial charge in [0.1, 0.15) is 6.10 Å². The fourth-order valence-corrected chi connectivity index (χ4v) is 10.2. The van der Waals surface area contributed by atoms with Crippen LogP contribution in [0.25, 0.3) is 0 Å². The quantitative estimate of drug-likeness (QED) is 0.191. The summed E-state index contributed by atoms with van der Waals surface area (Å²) in [5.41, 5.74) is 1.18. The maximum absolute atomic E-state index is 11.8. The van der Waals surface area contributed by atoms with E-state index in [1.165, 1.54) is 18.9 Å². The lowest BCUT2D eigenvalue weighted by molar-refractivity contribution is -0.193. The number of aliphatic hydroxyl groups excluding tert-OH is 1. The molecule has 0 radical (unpaired) electrons. The van der Waals surface area contributed by atoms with Crippen LogP contribution < -0.4 is 0 Å². The first kappa shape index (κ1) is 29.5. The van der Waals surface area contributed by atoms with Crippen LogP contribution in [0, 0.1) is 52.3 Å². The molecule has 3 unspecified atom stereocenters. The number of carbonyl (C=O) groups excluding carboxylic acids is 1. The summed E-state index contributed by atoms with van der Waals surface area (Å²) in [7, 11) is -4.82. The number of carbonyl (C=O) groups is 1. The Morgan fingerprint density at radius 1 is 1.05 bits per heavy atom. The molecule has 1 saturated heterocycles. The summed E-state index contributed by atoms with van der Waals surface area (Å²) < 4.78 is 50.1. The summed E-state index contributed by atoms with van der Waals surface area (Å²) in [4.78, 5) is 11.8. The number of ether oxygens (including phenoxy) is 2. The Morgan fingerprint density at radius 2 is 1.72 bits per heavy atom. The van der Waals surface area contributed by atoms with Gasteiger partial charge in [0.15, 0.2) is 6.10 Å². The lowest BCUT2D eigenvalue weighted by atomic mass is 9.47. The van der Waals surface area contributed by atoms with Gasteiger partial charge in [-0.2, -0.15) is 8.42 Å². The minimum absolute atomic E-state index is 0.176. The van der Waals surface area contributed by atoms with Crippen molar-refractivity contribution in [2.45, 2.75) is 118 Å².